The van der Waals surface area contributed by atoms with E-state index in [0.717, 1.165) is 12.8 Å². The first-order valence-electron chi connectivity index (χ1n) is 6.55. The molecule has 2 atom stereocenters. The highest BCUT2D eigenvalue weighted by Gasteiger charge is 2.46. The van der Waals surface area contributed by atoms with Crippen LogP contribution in [0, 0.1) is 0 Å². The van der Waals surface area contributed by atoms with Gasteiger partial charge in [-0.1, -0.05) is 23.2 Å². The van der Waals surface area contributed by atoms with Gasteiger partial charge in [-0.15, -0.1) is 0 Å². The first-order chi connectivity index (χ1) is 9.38. The van der Waals surface area contributed by atoms with E-state index in [4.69, 9.17) is 23.2 Å². The van der Waals surface area contributed by atoms with Gasteiger partial charge < -0.3 is 5.11 Å². The average Bonchev–Trinajstić information content (AvgIpc) is 2.62. The van der Waals surface area contributed by atoms with Gasteiger partial charge in [-0.3, -0.25) is 0 Å². The smallest absolute Gasteiger partial charge is 0.243 e. The number of sulfonamides is 1. The number of hydrogen-bond donors (Lipinski definition) is 1. The van der Waals surface area contributed by atoms with E-state index in [2.05, 4.69) is 0 Å². The lowest BCUT2D eigenvalue weighted by Crippen LogP contribution is -2.47. The highest BCUT2D eigenvalue weighted by Crippen LogP contribution is 2.40. The van der Waals surface area contributed by atoms with Crippen molar-refractivity contribution in [3.8, 4) is 0 Å². The molecule has 7 heteroatoms. The van der Waals surface area contributed by atoms with E-state index in [-0.39, 0.29) is 17.0 Å². The monoisotopic (exact) mass is 335 g/mol. The van der Waals surface area contributed by atoms with Crippen LogP contribution in [0.2, 0.25) is 10.0 Å². The number of nitrogens with zero attached hydrogens (tertiary/aromatic N) is 1. The standard InChI is InChI=1S/C13H15Cl2NO3S/c14-8-3-9(15)5-13(4-8)20(18,19)16-10-1-2-11(16)7-12(17)6-10/h3-5,10-12,17H,1-2,6-7H2. The zero-order chi connectivity index (χ0) is 14.5. The maximum Gasteiger partial charge on any atom is 0.243 e. The quantitative estimate of drug-likeness (QED) is 0.903. The fourth-order valence-corrected chi connectivity index (χ4v) is 5.92. The molecular formula is C13H15Cl2NO3S. The topological polar surface area (TPSA) is 57.6 Å². The molecular weight excluding hydrogens is 321 g/mol. The van der Waals surface area contributed by atoms with Crippen molar-refractivity contribution in [1.29, 1.82) is 0 Å². The fourth-order valence-electron chi connectivity index (χ4n) is 3.30. The number of benzene rings is 1. The Morgan fingerprint density at radius 3 is 2.05 bits per heavy atom. The van der Waals surface area contributed by atoms with Crippen LogP contribution in [0.4, 0.5) is 0 Å². The van der Waals surface area contributed by atoms with Crippen LogP contribution in [-0.4, -0.2) is 36.0 Å². The number of aliphatic hydroxyl groups is 1. The Bertz CT molecular complexity index is 600. The summed E-state index contributed by atoms with van der Waals surface area (Å²) in [4.78, 5) is 0.128. The first kappa shape index (κ1) is 14.6. The molecule has 0 saturated carbocycles. The van der Waals surface area contributed by atoms with Gasteiger partial charge in [0.2, 0.25) is 10.0 Å². The van der Waals surface area contributed by atoms with Crippen LogP contribution in [0.3, 0.4) is 0 Å². The van der Waals surface area contributed by atoms with Crippen molar-refractivity contribution in [3.63, 3.8) is 0 Å². The van der Waals surface area contributed by atoms with Gasteiger partial charge in [0, 0.05) is 22.1 Å². The lowest BCUT2D eigenvalue weighted by Gasteiger charge is -2.36. The normalized spacial score (nSPS) is 30.6. The second kappa shape index (κ2) is 5.14. The zero-order valence-corrected chi connectivity index (χ0v) is 13.0. The van der Waals surface area contributed by atoms with Crippen LogP contribution in [0.1, 0.15) is 25.7 Å². The Morgan fingerprint density at radius 2 is 1.55 bits per heavy atom. The molecule has 20 heavy (non-hydrogen) atoms. The molecule has 0 amide bonds. The molecule has 2 bridgehead atoms. The van der Waals surface area contributed by atoms with Crippen molar-refractivity contribution in [2.45, 2.75) is 48.8 Å². The van der Waals surface area contributed by atoms with Gasteiger partial charge in [-0.25, -0.2) is 8.42 Å². The Hall–Kier alpha value is -0.330. The third kappa shape index (κ3) is 2.46. The summed E-state index contributed by atoms with van der Waals surface area (Å²) in [5.41, 5.74) is 0. The maximum atomic E-state index is 12.8. The van der Waals surface area contributed by atoms with Gasteiger partial charge in [0.25, 0.3) is 0 Å². The summed E-state index contributed by atoms with van der Waals surface area (Å²) in [7, 11) is -3.61. The zero-order valence-electron chi connectivity index (χ0n) is 10.7. The van der Waals surface area contributed by atoms with Crippen molar-refractivity contribution in [1.82, 2.24) is 4.31 Å². The van der Waals surface area contributed by atoms with E-state index in [1.54, 1.807) is 4.31 Å². The third-order valence-corrected chi connectivity index (χ3v) is 6.47. The van der Waals surface area contributed by atoms with Crippen molar-refractivity contribution in [3.05, 3.63) is 28.2 Å². The minimum Gasteiger partial charge on any atom is -0.393 e. The molecule has 2 heterocycles. The van der Waals surface area contributed by atoms with Crippen LogP contribution >= 0.6 is 23.2 Å². The van der Waals surface area contributed by atoms with Crippen molar-refractivity contribution >= 4 is 33.2 Å². The molecule has 1 aromatic carbocycles. The maximum absolute atomic E-state index is 12.8. The summed E-state index contributed by atoms with van der Waals surface area (Å²) in [5, 5.41) is 10.4. The Morgan fingerprint density at radius 1 is 1.05 bits per heavy atom. The molecule has 2 unspecified atom stereocenters. The van der Waals surface area contributed by atoms with E-state index in [0.29, 0.717) is 22.9 Å². The van der Waals surface area contributed by atoms with E-state index in [1.807, 2.05) is 0 Å². The molecule has 3 rings (SSSR count). The van der Waals surface area contributed by atoms with Crippen LogP contribution in [0.5, 0.6) is 0 Å². The average molecular weight is 336 g/mol. The summed E-state index contributed by atoms with van der Waals surface area (Å²) in [6.07, 6.45) is 2.21. The molecule has 1 N–H and O–H groups in total. The molecule has 1 aromatic rings. The summed E-state index contributed by atoms with van der Waals surface area (Å²) >= 11 is 11.8. The van der Waals surface area contributed by atoms with Gasteiger partial charge in [-0.05, 0) is 43.9 Å². The molecule has 2 fully saturated rings. The number of rotatable bonds is 2. The summed E-state index contributed by atoms with van der Waals surface area (Å²) in [6, 6.07) is 4.12. The number of piperidine rings is 1. The number of hydrogen-bond acceptors (Lipinski definition) is 3. The number of halogens is 2. The Labute approximate surface area is 128 Å². The number of aliphatic hydroxyl groups excluding tert-OH is 1. The molecule has 0 aliphatic carbocycles. The lowest BCUT2D eigenvalue weighted by molar-refractivity contribution is 0.0769. The SMILES string of the molecule is O=S(=O)(c1cc(Cl)cc(Cl)c1)N1C2CCC1CC(O)C2. The molecule has 110 valence electrons. The first-order valence-corrected chi connectivity index (χ1v) is 8.75. The Kier molecular flexibility index (Phi) is 3.75. The number of fused-ring (bicyclic) bond motifs is 2. The van der Waals surface area contributed by atoms with E-state index in [9.17, 15) is 13.5 Å². The molecule has 0 spiro atoms. The summed E-state index contributed by atoms with van der Waals surface area (Å²) < 4.78 is 27.1. The summed E-state index contributed by atoms with van der Waals surface area (Å²) in [5.74, 6) is 0. The van der Waals surface area contributed by atoms with Crippen molar-refractivity contribution < 1.29 is 13.5 Å². The van der Waals surface area contributed by atoms with E-state index in [1.165, 1.54) is 18.2 Å². The minimum atomic E-state index is -3.61. The lowest BCUT2D eigenvalue weighted by atomic mass is 10.0. The van der Waals surface area contributed by atoms with Crippen LogP contribution in [0.25, 0.3) is 0 Å². The molecule has 0 aromatic heterocycles. The van der Waals surface area contributed by atoms with E-state index >= 15 is 0 Å². The minimum absolute atomic E-state index is 0.119. The van der Waals surface area contributed by atoms with Crippen LogP contribution in [0.15, 0.2) is 23.1 Å². The van der Waals surface area contributed by atoms with Gasteiger partial charge in [0.05, 0.1) is 11.0 Å². The van der Waals surface area contributed by atoms with Gasteiger partial charge in [0.1, 0.15) is 0 Å². The molecule has 2 saturated heterocycles. The highest BCUT2D eigenvalue weighted by atomic mass is 35.5. The third-order valence-electron chi connectivity index (χ3n) is 4.05. The predicted octanol–water partition coefficient (Wildman–Crippen LogP) is 2.67. The second-order valence-electron chi connectivity index (χ2n) is 5.45. The predicted molar refractivity (Wildman–Crippen MR) is 77.5 cm³/mol. The van der Waals surface area contributed by atoms with Gasteiger partial charge >= 0.3 is 0 Å². The van der Waals surface area contributed by atoms with E-state index < -0.39 is 16.1 Å². The highest BCUT2D eigenvalue weighted by molar-refractivity contribution is 7.89. The molecule has 0 radical (unpaired) electrons. The molecule has 2 aliphatic heterocycles. The van der Waals surface area contributed by atoms with Gasteiger partial charge in [-0.2, -0.15) is 4.31 Å². The van der Waals surface area contributed by atoms with Crippen molar-refractivity contribution in [2.75, 3.05) is 0 Å². The summed E-state index contributed by atoms with van der Waals surface area (Å²) in [6.45, 7) is 0. The second-order valence-corrected chi connectivity index (χ2v) is 8.17. The largest absolute Gasteiger partial charge is 0.393 e. The van der Waals surface area contributed by atoms with Gasteiger partial charge in [0.15, 0.2) is 0 Å². The molecule has 4 nitrogen and oxygen atoms in total. The molecule has 2 aliphatic rings. The van der Waals surface area contributed by atoms with Crippen molar-refractivity contribution in [2.24, 2.45) is 0 Å². The van der Waals surface area contributed by atoms with Crippen LogP contribution in [-0.2, 0) is 10.0 Å². The van der Waals surface area contributed by atoms with Crippen LogP contribution < -0.4 is 0 Å². The Balaban J connectivity index is 2.00. The fraction of sp³-hybridized carbons (Fsp3) is 0.538.